The summed E-state index contributed by atoms with van der Waals surface area (Å²) in [7, 11) is 1.63. The van der Waals surface area contributed by atoms with E-state index in [-0.39, 0.29) is 17.7 Å². The third-order valence-corrected chi connectivity index (χ3v) is 5.97. The van der Waals surface area contributed by atoms with E-state index < -0.39 is 17.7 Å². The first kappa shape index (κ1) is 25.4. The number of halogens is 1. The van der Waals surface area contributed by atoms with E-state index >= 15 is 0 Å². The van der Waals surface area contributed by atoms with Gasteiger partial charge in [-0.15, -0.1) is 0 Å². The highest BCUT2D eigenvalue weighted by Crippen LogP contribution is 2.35. The van der Waals surface area contributed by atoms with E-state index in [9.17, 15) is 14.4 Å². The standard InChI is InChI=1S/C23H34IN3O4/c1-23(2,3)31-22(30)27-15-13-18(16-9-11-17(24)12-10-16)20(27)21(29)26-14-7-5-6-8-19(28)25-4/h9-12,18,20H,5-8,13-15H2,1-4H3,(H,25,28)(H,26,29)/t18-,20+/m1/s1. The number of benzene rings is 1. The molecule has 1 fully saturated rings. The second-order valence-electron chi connectivity index (χ2n) is 8.84. The molecule has 0 spiro atoms. The smallest absolute Gasteiger partial charge is 0.410 e. The van der Waals surface area contributed by atoms with Crippen molar-refractivity contribution in [2.45, 2.75) is 70.4 Å². The van der Waals surface area contributed by atoms with Crippen LogP contribution in [0.4, 0.5) is 4.79 Å². The molecule has 8 heteroatoms. The van der Waals surface area contributed by atoms with Crippen molar-refractivity contribution in [3.8, 4) is 0 Å². The number of amides is 3. The van der Waals surface area contributed by atoms with E-state index in [4.69, 9.17) is 4.74 Å². The van der Waals surface area contributed by atoms with Gasteiger partial charge in [-0.3, -0.25) is 14.5 Å². The first-order chi connectivity index (χ1) is 14.6. The Labute approximate surface area is 198 Å². The van der Waals surface area contributed by atoms with Crippen LogP contribution in [0, 0.1) is 3.57 Å². The summed E-state index contributed by atoms with van der Waals surface area (Å²) in [5.74, 6) is -0.195. The van der Waals surface area contributed by atoms with Gasteiger partial charge in [0.25, 0.3) is 0 Å². The summed E-state index contributed by atoms with van der Waals surface area (Å²) in [5.41, 5.74) is 0.432. The van der Waals surface area contributed by atoms with E-state index in [2.05, 4.69) is 33.2 Å². The van der Waals surface area contributed by atoms with Gasteiger partial charge < -0.3 is 15.4 Å². The lowest BCUT2D eigenvalue weighted by Crippen LogP contribution is -2.49. The number of ether oxygens (including phenoxy) is 1. The molecular weight excluding hydrogens is 509 g/mol. The minimum absolute atomic E-state index is 0.0309. The molecule has 0 unspecified atom stereocenters. The first-order valence-corrected chi connectivity index (χ1v) is 11.9. The lowest BCUT2D eigenvalue weighted by Gasteiger charge is -2.30. The predicted octanol–water partition coefficient (Wildman–Crippen LogP) is 3.81. The number of nitrogens with one attached hydrogen (secondary N) is 2. The third-order valence-electron chi connectivity index (χ3n) is 5.25. The summed E-state index contributed by atoms with van der Waals surface area (Å²) in [5, 5.41) is 5.60. The largest absolute Gasteiger partial charge is 0.444 e. The van der Waals surface area contributed by atoms with Crippen molar-refractivity contribution in [1.29, 1.82) is 0 Å². The van der Waals surface area contributed by atoms with Crippen LogP contribution < -0.4 is 10.6 Å². The van der Waals surface area contributed by atoms with Crippen LogP contribution in [0.5, 0.6) is 0 Å². The first-order valence-electron chi connectivity index (χ1n) is 10.9. The maximum absolute atomic E-state index is 13.1. The minimum Gasteiger partial charge on any atom is -0.444 e. The topological polar surface area (TPSA) is 87.7 Å². The Morgan fingerprint density at radius 2 is 1.81 bits per heavy atom. The average molecular weight is 543 g/mol. The fourth-order valence-electron chi connectivity index (χ4n) is 3.73. The molecule has 172 valence electrons. The molecule has 1 aromatic rings. The molecule has 3 amide bonds. The van der Waals surface area contributed by atoms with Crippen molar-refractivity contribution < 1.29 is 19.1 Å². The highest BCUT2D eigenvalue weighted by molar-refractivity contribution is 14.1. The van der Waals surface area contributed by atoms with E-state index in [0.717, 1.165) is 28.4 Å². The molecule has 1 aliphatic heterocycles. The zero-order valence-electron chi connectivity index (χ0n) is 18.9. The average Bonchev–Trinajstić information content (AvgIpc) is 3.15. The van der Waals surface area contributed by atoms with Crippen molar-refractivity contribution in [3.05, 3.63) is 33.4 Å². The number of unbranched alkanes of at least 4 members (excludes halogenated alkanes) is 2. The lowest BCUT2D eigenvalue weighted by molar-refractivity contribution is -0.126. The monoisotopic (exact) mass is 543 g/mol. The summed E-state index contributed by atoms with van der Waals surface area (Å²) in [6, 6.07) is 7.51. The molecule has 0 bridgehead atoms. The van der Waals surface area contributed by atoms with Crippen molar-refractivity contribution >= 4 is 40.5 Å². The molecule has 1 aromatic carbocycles. The molecule has 1 heterocycles. The maximum Gasteiger partial charge on any atom is 0.410 e. The zero-order valence-corrected chi connectivity index (χ0v) is 21.0. The number of rotatable bonds is 8. The number of likely N-dealkylation sites (tertiary alicyclic amines) is 1. The highest BCUT2D eigenvalue weighted by Gasteiger charge is 2.43. The predicted molar refractivity (Wildman–Crippen MR) is 129 cm³/mol. The normalized spacial score (nSPS) is 18.5. The molecular formula is C23H34IN3O4. The molecule has 1 aliphatic rings. The van der Waals surface area contributed by atoms with Crippen LogP contribution in [-0.2, 0) is 14.3 Å². The van der Waals surface area contributed by atoms with Crippen LogP contribution in [0.25, 0.3) is 0 Å². The van der Waals surface area contributed by atoms with Crippen molar-refractivity contribution in [2.75, 3.05) is 20.1 Å². The van der Waals surface area contributed by atoms with Gasteiger partial charge in [-0.2, -0.15) is 0 Å². The van der Waals surface area contributed by atoms with Gasteiger partial charge in [-0.25, -0.2) is 4.79 Å². The molecule has 7 nitrogen and oxygen atoms in total. The number of carbonyl (C=O) groups is 3. The van der Waals surface area contributed by atoms with Gasteiger partial charge in [0.05, 0.1) is 0 Å². The number of carbonyl (C=O) groups excluding carboxylic acids is 3. The summed E-state index contributed by atoms with van der Waals surface area (Å²) < 4.78 is 6.69. The summed E-state index contributed by atoms with van der Waals surface area (Å²) >= 11 is 2.25. The van der Waals surface area contributed by atoms with Crippen LogP contribution in [0.2, 0.25) is 0 Å². The quantitative estimate of drug-likeness (QED) is 0.386. The lowest BCUT2D eigenvalue weighted by atomic mass is 9.91. The fraction of sp³-hybridized carbons (Fsp3) is 0.609. The Kier molecular flexibility index (Phi) is 9.58. The van der Waals surface area contributed by atoms with Crippen molar-refractivity contribution in [1.82, 2.24) is 15.5 Å². The summed E-state index contributed by atoms with van der Waals surface area (Å²) in [6.07, 6.45) is 3.18. The van der Waals surface area contributed by atoms with Crippen LogP contribution in [0.1, 0.15) is 64.4 Å². The minimum atomic E-state index is -0.621. The molecule has 2 atom stereocenters. The Hall–Kier alpha value is -1.84. The SMILES string of the molecule is CNC(=O)CCCCCNC(=O)[C@@H]1[C@@H](c2ccc(I)cc2)CCN1C(=O)OC(C)(C)C. The fourth-order valence-corrected chi connectivity index (χ4v) is 4.09. The van der Waals surface area contributed by atoms with Crippen LogP contribution in [-0.4, -0.2) is 54.6 Å². The Morgan fingerprint density at radius 1 is 1.13 bits per heavy atom. The van der Waals surface area contributed by atoms with Gasteiger partial charge in [-0.1, -0.05) is 18.6 Å². The van der Waals surface area contributed by atoms with Gasteiger partial charge in [0.1, 0.15) is 11.6 Å². The Morgan fingerprint density at radius 3 is 2.42 bits per heavy atom. The Bertz CT molecular complexity index is 761. The molecule has 2 N–H and O–H groups in total. The van der Waals surface area contributed by atoms with Crippen LogP contribution in [0.15, 0.2) is 24.3 Å². The van der Waals surface area contributed by atoms with E-state index in [1.165, 1.54) is 0 Å². The summed E-state index contributed by atoms with van der Waals surface area (Å²) in [4.78, 5) is 38.8. The third kappa shape index (κ3) is 7.97. The van der Waals surface area contributed by atoms with E-state index in [1.807, 2.05) is 45.0 Å². The van der Waals surface area contributed by atoms with Gasteiger partial charge in [0.2, 0.25) is 11.8 Å². The molecule has 0 aromatic heterocycles. The van der Waals surface area contributed by atoms with E-state index in [0.29, 0.717) is 25.9 Å². The molecule has 0 aliphatic carbocycles. The molecule has 2 rings (SSSR count). The number of hydrogen-bond acceptors (Lipinski definition) is 4. The molecule has 0 saturated carbocycles. The summed E-state index contributed by atoms with van der Waals surface area (Å²) in [6.45, 7) is 6.48. The molecule has 0 radical (unpaired) electrons. The molecule has 1 saturated heterocycles. The van der Waals surface area contributed by atoms with Gasteiger partial charge in [0, 0.05) is 36.0 Å². The van der Waals surface area contributed by atoms with Crippen molar-refractivity contribution in [3.63, 3.8) is 0 Å². The van der Waals surface area contributed by atoms with E-state index in [1.54, 1.807) is 11.9 Å². The van der Waals surface area contributed by atoms with Crippen molar-refractivity contribution in [2.24, 2.45) is 0 Å². The zero-order chi connectivity index (χ0) is 23.0. The number of nitrogens with zero attached hydrogens (tertiary/aromatic N) is 1. The second kappa shape index (κ2) is 11.7. The van der Waals surface area contributed by atoms with Crippen LogP contribution >= 0.6 is 22.6 Å². The number of hydrogen-bond donors (Lipinski definition) is 2. The Balaban J connectivity index is 2.03. The second-order valence-corrected chi connectivity index (χ2v) is 10.1. The van der Waals surface area contributed by atoms with Crippen LogP contribution in [0.3, 0.4) is 0 Å². The van der Waals surface area contributed by atoms with Gasteiger partial charge in [-0.05, 0) is 80.3 Å². The molecule has 31 heavy (non-hydrogen) atoms. The van der Waals surface area contributed by atoms with Gasteiger partial charge >= 0.3 is 6.09 Å². The maximum atomic E-state index is 13.1. The van der Waals surface area contributed by atoms with Gasteiger partial charge in [0.15, 0.2) is 0 Å². The highest BCUT2D eigenvalue weighted by atomic mass is 127.